The molecule has 0 saturated heterocycles. The van der Waals surface area contributed by atoms with Crippen LogP contribution in [0.25, 0.3) is 22.4 Å². The van der Waals surface area contributed by atoms with Crippen molar-refractivity contribution in [3.63, 3.8) is 0 Å². The van der Waals surface area contributed by atoms with Crippen molar-refractivity contribution in [3.05, 3.63) is 50.9 Å². The van der Waals surface area contributed by atoms with Crippen LogP contribution in [0.4, 0.5) is 0 Å². The third kappa shape index (κ3) is 2.03. The number of hydrogen-bond donors (Lipinski definition) is 1. The Morgan fingerprint density at radius 1 is 0.944 bits per heavy atom. The quantitative estimate of drug-likeness (QED) is 0.639. The van der Waals surface area contributed by atoms with Gasteiger partial charge in [0.05, 0.1) is 15.6 Å². The van der Waals surface area contributed by atoms with Crippen molar-refractivity contribution >= 4 is 50.2 Å². The summed E-state index contributed by atoms with van der Waals surface area (Å²) in [5.41, 5.74) is 2.45. The van der Waals surface area contributed by atoms with Gasteiger partial charge in [-0.1, -0.05) is 51.3 Å². The normalized spacial score (nSPS) is 11.1. The van der Waals surface area contributed by atoms with Crippen LogP contribution in [0.2, 0.25) is 10.0 Å². The molecular weight excluding hydrogens is 335 g/mol. The van der Waals surface area contributed by atoms with Crippen LogP contribution in [-0.4, -0.2) is 9.97 Å². The highest BCUT2D eigenvalue weighted by Gasteiger charge is 2.10. The van der Waals surface area contributed by atoms with Crippen LogP contribution in [0.1, 0.15) is 0 Å². The third-order valence-corrected chi connectivity index (χ3v) is 3.81. The highest BCUT2D eigenvalue weighted by atomic mass is 79.9. The Kier molecular flexibility index (Phi) is 3.06. The van der Waals surface area contributed by atoms with E-state index in [1.54, 1.807) is 12.1 Å². The van der Waals surface area contributed by atoms with E-state index in [0.717, 1.165) is 21.4 Å². The van der Waals surface area contributed by atoms with E-state index >= 15 is 0 Å². The van der Waals surface area contributed by atoms with Crippen LogP contribution < -0.4 is 0 Å². The molecule has 0 bridgehead atoms. The van der Waals surface area contributed by atoms with Crippen molar-refractivity contribution in [1.82, 2.24) is 9.97 Å². The summed E-state index contributed by atoms with van der Waals surface area (Å²) in [5, 5.41) is 1.21. The largest absolute Gasteiger partial charge is 0.337 e. The van der Waals surface area contributed by atoms with E-state index in [0.29, 0.717) is 15.6 Å². The van der Waals surface area contributed by atoms with Crippen LogP contribution >= 0.6 is 39.1 Å². The van der Waals surface area contributed by atoms with Crippen LogP contribution in [0.3, 0.4) is 0 Å². The molecule has 2 aromatic carbocycles. The van der Waals surface area contributed by atoms with Crippen molar-refractivity contribution < 1.29 is 0 Å². The molecule has 5 heteroatoms. The maximum Gasteiger partial charge on any atom is 0.138 e. The monoisotopic (exact) mass is 340 g/mol. The summed E-state index contributed by atoms with van der Waals surface area (Å²) in [4.78, 5) is 7.68. The number of aromatic nitrogens is 2. The van der Waals surface area contributed by atoms with Gasteiger partial charge in [0, 0.05) is 10.0 Å². The summed E-state index contributed by atoms with van der Waals surface area (Å²) in [5.74, 6) is 0.757. The number of benzene rings is 2. The van der Waals surface area contributed by atoms with Crippen LogP contribution in [0, 0.1) is 0 Å². The van der Waals surface area contributed by atoms with E-state index in [-0.39, 0.29) is 0 Å². The molecule has 3 aromatic rings. The van der Waals surface area contributed by atoms with Crippen LogP contribution in [-0.2, 0) is 0 Å². The lowest BCUT2D eigenvalue weighted by Crippen LogP contribution is -1.79. The van der Waals surface area contributed by atoms with E-state index in [2.05, 4.69) is 25.9 Å². The Labute approximate surface area is 122 Å². The SMILES string of the molecule is Clc1ccc(Cl)c2[nH]c(-c3ccc(Br)cc3)nc12. The fourth-order valence-electron chi connectivity index (χ4n) is 1.77. The molecule has 0 aliphatic carbocycles. The molecule has 0 fully saturated rings. The van der Waals surface area contributed by atoms with E-state index < -0.39 is 0 Å². The molecule has 1 aromatic heterocycles. The van der Waals surface area contributed by atoms with Gasteiger partial charge < -0.3 is 4.98 Å². The van der Waals surface area contributed by atoms with E-state index in [9.17, 15) is 0 Å². The van der Waals surface area contributed by atoms with Gasteiger partial charge in [-0.2, -0.15) is 0 Å². The molecule has 2 nitrogen and oxygen atoms in total. The zero-order valence-electron chi connectivity index (χ0n) is 9.05. The maximum absolute atomic E-state index is 6.12. The fourth-order valence-corrected chi connectivity index (χ4v) is 2.44. The number of H-pyrrole nitrogens is 1. The number of aromatic amines is 1. The average molecular weight is 342 g/mol. The second kappa shape index (κ2) is 4.57. The van der Waals surface area contributed by atoms with Gasteiger partial charge in [-0.15, -0.1) is 0 Å². The lowest BCUT2D eigenvalue weighted by atomic mass is 10.2. The van der Waals surface area contributed by atoms with Gasteiger partial charge in [0.1, 0.15) is 11.3 Å². The first kappa shape index (κ1) is 12.0. The minimum absolute atomic E-state index is 0.592. The summed E-state index contributed by atoms with van der Waals surface area (Å²) >= 11 is 15.6. The molecule has 0 aliphatic heterocycles. The minimum atomic E-state index is 0.592. The van der Waals surface area contributed by atoms with E-state index in [4.69, 9.17) is 23.2 Å². The summed E-state index contributed by atoms with van der Waals surface area (Å²) in [6, 6.07) is 11.4. The molecular formula is C13H7BrCl2N2. The second-order valence-electron chi connectivity index (χ2n) is 3.85. The van der Waals surface area contributed by atoms with Gasteiger partial charge in [-0.25, -0.2) is 4.98 Å². The Morgan fingerprint density at radius 2 is 1.61 bits per heavy atom. The summed E-state index contributed by atoms with van der Waals surface area (Å²) in [6.45, 7) is 0. The maximum atomic E-state index is 6.12. The van der Waals surface area contributed by atoms with Crippen molar-refractivity contribution in [3.8, 4) is 11.4 Å². The molecule has 0 amide bonds. The molecule has 0 unspecified atom stereocenters. The third-order valence-electron chi connectivity index (χ3n) is 2.66. The summed E-state index contributed by atoms with van der Waals surface area (Å²) < 4.78 is 1.03. The van der Waals surface area contributed by atoms with Crippen molar-refractivity contribution in [2.75, 3.05) is 0 Å². The Morgan fingerprint density at radius 3 is 2.28 bits per heavy atom. The van der Waals surface area contributed by atoms with Gasteiger partial charge in [-0.3, -0.25) is 0 Å². The molecule has 0 saturated carbocycles. The number of nitrogens with one attached hydrogen (secondary N) is 1. The Bertz CT molecular complexity index is 681. The average Bonchev–Trinajstić information content (AvgIpc) is 2.81. The summed E-state index contributed by atoms with van der Waals surface area (Å²) in [6.07, 6.45) is 0. The van der Waals surface area contributed by atoms with Crippen LogP contribution in [0.15, 0.2) is 40.9 Å². The van der Waals surface area contributed by atoms with Crippen molar-refractivity contribution in [2.24, 2.45) is 0 Å². The first-order valence-corrected chi connectivity index (χ1v) is 6.80. The Balaban J connectivity index is 2.22. The first-order valence-electron chi connectivity index (χ1n) is 5.25. The highest BCUT2D eigenvalue weighted by molar-refractivity contribution is 9.10. The van der Waals surface area contributed by atoms with Crippen molar-refractivity contribution in [1.29, 1.82) is 0 Å². The fraction of sp³-hybridized carbons (Fsp3) is 0. The van der Waals surface area contributed by atoms with E-state index in [1.807, 2.05) is 24.3 Å². The Hall–Kier alpha value is -1.03. The molecule has 1 heterocycles. The molecule has 0 spiro atoms. The van der Waals surface area contributed by atoms with Gasteiger partial charge in [0.25, 0.3) is 0 Å². The lowest BCUT2D eigenvalue weighted by molar-refractivity contribution is 1.33. The number of nitrogens with zero attached hydrogens (tertiary/aromatic N) is 1. The van der Waals surface area contributed by atoms with Gasteiger partial charge in [-0.05, 0) is 24.3 Å². The zero-order valence-corrected chi connectivity index (χ0v) is 12.1. The van der Waals surface area contributed by atoms with E-state index in [1.165, 1.54) is 0 Å². The molecule has 18 heavy (non-hydrogen) atoms. The molecule has 0 atom stereocenters. The first-order chi connectivity index (χ1) is 8.65. The van der Waals surface area contributed by atoms with Gasteiger partial charge >= 0.3 is 0 Å². The molecule has 1 N–H and O–H groups in total. The number of halogens is 3. The predicted octanol–water partition coefficient (Wildman–Crippen LogP) is 5.30. The minimum Gasteiger partial charge on any atom is -0.337 e. The molecule has 90 valence electrons. The second-order valence-corrected chi connectivity index (χ2v) is 5.58. The molecule has 0 aliphatic rings. The van der Waals surface area contributed by atoms with Gasteiger partial charge in [0.2, 0.25) is 0 Å². The highest BCUT2D eigenvalue weighted by Crippen LogP contribution is 2.30. The number of hydrogen-bond acceptors (Lipinski definition) is 1. The standard InChI is InChI=1S/C13H7BrCl2N2/c14-8-3-1-7(2-4-8)13-17-11-9(15)5-6-10(16)12(11)18-13/h1-6H,(H,17,18). The zero-order chi connectivity index (χ0) is 12.7. The predicted molar refractivity (Wildman–Crippen MR) is 79.2 cm³/mol. The van der Waals surface area contributed by atoms with Gasteiger partial charge in [0.15, 0.2) is 0 Å². The topological polar surface area (TPSA) is 28.7 Å². The van der Waals surface area contributed by atoms with Crippen LogP contribution in [0.5, 0.6) is 0 Å². The smallest absolute Gasteiger partial charge is 0.138 e. The van der Waals surface area contributed by atoms with Crippen molar-refractivity contribution in [2.45, 2.75) is 0 Å². The lowest BCUT2D eigenvalue weighted by Gasteiger charge is -1.95. The number of fused-ring (bicyclic) bond motifs is 1. The number of imidazole rings is 1. The molecule has 0 radical (unpaired) electrons. The summed E-state index contributed by atoms with van der Waals surface area (Å²) in [7, 11) is 0. The molecule has 3 rings (SSSR count). The number of rotatable bonds is 1.